The zero-order valence-electron chi connectivity index (χ0n) is 14.4. The zero-order chi connectivity index (χ0) is 18.9. The first kappa shape index (κ1) is 18.0. The van der Waals surface area contributed by atoms with Crippen LogP contribution in [0.4, 0.5) is 13.2 Å². The molecule has 1 saturated carbocycles. The van der Waals surface area contributed by atoms with Gasteiger partial charge < -0.3 is 4.90 Å². The van der Waals surface area contributed by atoms with E-state index in [0.29, 0.717) is 5.56 Å². The third-order valence-corrected chi connectivity index (χ3v) is 4.55. The first-order valence-corrected chi connectivity index (χ1v) is 8.13. The lowest BCUT2D eigenvalue weighted by Gasteiger charge is -2.29. The molecule has 1 aromatic carbocycles. The molecule has 0 bridgehead atoms. The Morgan fingerprint density at radius 2 is 1.85 bits per heavy atom. The highest BCUT2D eigenvalue weighted by atomic mass is 19.4. The SMILES string of the molecule is Cc1cccc(C#Cc2ccc(C(=O)N(C)C3(C(F)(F)F)CC3)nc2)c1. The van der Waals surface area contributed by atoms with Gasteiger partial charge in [-0.25, -0.2) is 4.98 Å². The van der Waals surface area contributed by atoms with Gasteiger partial charge in [-0.1, -0.05) is 24.0 Å². The molecule has 0 atom stereocenters. The summed E-state index contributed by atoms with van der Waals surface area (Å²) in [6, 6.07) is 10.7. The topological polar surface area (TPSA) is 33.2 Å². The van der Waals surface area contributed by atoms with Crippen molar-refractivity contribution in [2.75, 3.05) is 7.05 Å². The Bertz CT molecular complexity index is 888. The second-order valence-electron chi connectivity index (χ2n) is 6.45. The maximum Gasteiger partial charge on any atom is 0.411 e. The molecule has 1 fully saturated rings. The van der Waals surface area contributed by atoms with Gasteiger partial charge in [0.1, 0.15) is 11.2 Å². The van der Waals surface area contributed by atoms with Crippen molar-refractivity contribution >= 4 is 5.91 Å². The summed E-state index contributed by atoms with van der Waals surface area (Å²) in [6.45, 7) is 1.97. The predicted molar refractivity (Wildman–Crippen MR) is 91.5 cm³/mol. The minimum absolute atomic E-state index is 0.0240. The highest BCUT2D eigenvalue weighted by Gasteiger charge is 2.67. The maximum atomic E-state index is 13.1. The molecule has 26 heavy (non-hydrogen) atoms. The van der Waals surface area contributed by atoms with E-state index in [0.717, 1.165) is 16.0 Å². The van der Waals surface area contributed by atoms with E-state index in [1.807, 2.05) is 31.2 Å². The Kier molecular flexibility index (Phi) is 4.49. The van der Waals surface area contributed by atoms with Gasteiger partial charge in [-0.3, -0.25) is 4.79 Å². The van der Waals surface area contributed by atoms with Crippen LogP contribution in [0.25, 0.3) is 0 Å². The number of hydrogen-bond acceptors (Lipinski definition) is 2. The van der Waals surface area contributed by atoms with Crippen molar-refractivity contribution in [1.29, 1.82) is 0 Å². The molecule has 1 aliphatic carbocycles. The largest absolute Gasteiger partial charge is 0.411 e. The summed E-state index contributed by atoms with van der Waals surface area (Å²) >= 11 is 0. The average Bonchev–Trinajstić information content (AvgIpc) is 3.41. The number of benzene rings is 1. The molecule has 3 rings (SSSR count). The number of amides is 1. The number of nitrogens with zero attached hydrogens (tertiary/aromatic N) is 2. The number of aromatic nitrogens is 1. The van der Waals surface area contributed by atoms with Crippen LogP contribution in [0.2, 0.25) is 0 Å². The summed E-state index contributed by atoms with van der Waals surface area (Å²) in [4.78, 5) is 17.1. The summed E-state index contributed by atoms with van der Waals surface area (Å²) in [7, 11) is 1.18. The summed E-state index contributed by atoms with van der Waals surface area (Å²) in [5.74, 6) is 5.19. The molecule has 2 aromatic rings. The van der Waals surface area contributed by atoms with Gasteiger partial charge >= 0.3 is 6.18 Å². The lowest BCUT2D eigenvalue weighted by atomic mass is 10.1. The van der Waals surface area contributed by atoms with Crippen LogP contribution in [0, 0.1) is 18.8 Å². The molecule has 134 valence electrons. The van der Waals surface area contributed by atoms with E-state index >= 15 is 0 Å². The third-order valence-electron chi connectivity index (χ3n) is 4.55. The fourth-order valence-corrected chi connectivity index (χ4v) is 2.76. The molecule has 0 unspecified atom stereocenters. The second-order valence-corrected chi connectivity index (χ2v) is 6.45. The van der Waals surface area contributed by atoms with Crippen molar-refractivity contribution in [3.63, 3.8) is 0 Å². The number of halogens is 3. The zero-order valence-corrected chi connectivity index (χ0v) is 14.4. The average molecular weight is 358 g/mol. The molecule has 1 aliphatic rings. The minimum Gasteiger partial charge on any atom is -0.326 e. The summed E-state index contributed by atoms with van der Waals surface area (Å²) < 4.78 is 39.4. The Morgan fingerprint density at radius 3 is 2.38 bits per heavy atom. The monoisotopic (exact) mass is 358 g/mol. The van der Waals surface area contributed by atoms with Crippen molar-refractivity contribution in [2.24, 2.45) is 0 Å². The minimum atomic E-state index is -4.43. The number of carbonyl (C=O) groups is 1. The van der Waals surface area contributed by atoms with Gasteiger partial charge in [0.15, 0.2) is 0 Å². The van der Waals surface area contributed by atoms with E-state index < -0.39 is 17.6 Å². The quantitative estimate of drug-likeness (QED) is 0.762. The van der Waals surface area contributed by atoms with Crippen LogP contribution >= 0.6 is 0 Å². The molecule has 0 spiro atoms. The first-order valence-electron chi connectivity index (χ1n) is 8.13. The van der Waals surface area contributed by atoms with Crippen molar-refractivity contribution in [1.82, 2.24) is 9.88 Å². The van der Waals surface area contributed by atoms with Crippen LogP contribution < -0.4 is 0 Å². The summed E-state index contributed by atoms with van der Waals surface area (Å²) in [6.07, 6.45) is -3.18. The highest BCUT2D eigenvalue weighted by molar-refractivity contribution is 5.93. The lowest BCUT2D eigenvalue weighted by Crippen LogP contribution is -2.49. The molecule has 0 aliphatic heterocycles. The van der Waals surface area contributed by atoms with Gasteiger partial charge in [0.25, 0.3) is 5.91 Å². The molecule has 1 aromatic heterocycles. The number of rotatable bonds is 2. The van der Waals surface area contributed by atoms with Gasteiger partial charge in [-0.15, -0.1) is 0 Å². The smallest absolute Gasteiger partial charge is 0.326 e. The lowest BCUT2D eigenvalue weighted by molar-refractivity contribution is -0.185. The van der Waals surface area contributed by atoms with E-state index in [4.69, 9.17) is 0 Å². The molecule has 6 heteroatoms. The van der Waals surface area contributed by atoms with Gasteiger partial charge in [0.2, 0.25) is 0 Å². The Labute approximate surface area is 149 Å². The molecular formula is C20H17F3N2O. The number of hydrogen-bond donors (Lipinski definition) is 0. The predicted octanol–water partition coefficient (Wildman–Crippen LogP) is 3.96. The molecule has 3 nitrogen and oxygen atoms in total. The number of carbonyl (C=O) groups excluding carboxylic acids is 1. The molecule has 0 N–H and O–H groups in total. The van der Waals surface area contributed by atoms with Crippen LogP contribution in [0.3, 0.4) is 0 Å². The molecule has 0 radical (unpaired) electrons. The van der Waals surface area contributed by atoms with E-state index in [1.165, 1.54) is 19.3 Å². The normalized spacial score (nSPS) is 15.0. The van der Waals surface area contributed by atoms with Crippen LogP contribution in [-0.4, -0.2) is 34.6 Å². The van der Waals surface area contributed by atoms with Gasteiger partial charge in [-0.05, 0) is 49.6 Å². The van der Waals surface area contributed by atoms with E-state index in [9.17, 15) is 18.0 Å². The van der Waals surface area contributed by atoms with Crippen LogP contribution in [-0.2, 0) is 0 Å². The molecule has 1 heterocycles. The van der Waals surface area contributed by atoms with Crippen molar-refractivity contribution < 1.29 is 18.0 Å². The standard InChI is InChI=1S/C20H17F3N2O/c1-14-4-3-5-15(12-14)6-7-16-8-9-17(24-13-16)18(26)25(2)19(10-11-19)20(21,22)23/h3-5,8-9,12-13H,10-11H2,1-2H3. The Hall–Kier alpha value is -2.81. The van der Waals surface area contributed by atoms with Gasteiger partial charge in [-0.2, -0.15) is 13.2 Å². The molecule has 0 saturated heterocycles. The highest BCUT2D eigenvalue weighted by Crippen LogP contribution is 2.53. The maximum absolute atomic E-state index is 13.1. The number of alkyl halides is 3. The van der Waals surface area contributed by atoms with Gasteiger partial charge in [0, 0.05) is 24.4 Å². The second kappa shape index (κ2) is 6.49. The Morgan fingerprint density at radius 1 is 1.15 bits per heavy atom. The summed E-state index contributed by atoms with van der Waals surface area (Å²) in [5, 5.41) is 0. The first-order chi connectivity index (χ1) is 12.2. The van der Waals surface area contributed by atoms with Crippen LogP contribution in [0.1, 0.15) is 40.0 Å². The molecule has 1 amide bonds. The summed E-state index contributed by atoms with van der Waals surface area (Å²) in [5.41, 5.74) is 0.463. The number of aryl methyl sites for hydroxylation is 1. The fraction of sp³-hybridized carbons (Fsp3) is 0.300. The third kappa shape index (κ3) is 3.43. The van der Waals surface area contributed by atoms with E-state index in [1.54, 1.807) is 6.07 Å². The van der Waals surface area contributed by atoms with Crippen molar-refractivity contribution in [3.8, 4) is 11.8 Å². The fourth-order valence-electron chi connectivity index (χ4n) is 2.76. The Balaban J connectivity index is 1.75. The number of pyridine rings is 1. The van der Waals surface area contributed by atoms with E-state index in [2.05, 4.69) is 16.8 Å². The molecular weight excluding hydrogens is 341 g/mol. The van der Waals surface area contributed by atoms with Crippen LogP contribution in [0.15, 0.2) is 42.6 Å². The van der Waals surface area contributed by atoms with E-state index in [-0.39, 0.29) is 18.5 Å². The van der Waals surface area contributed by atoms with Crippen molar-refractivity contribution in [3.05, 3.63) is 65.0 Å². The van der Waals surface area contributed by atoms with Crippen LogP contribution in [0.5, 0.6) is 0 Å². The van der Waals surface area contributed by atoms with Gasteiger partial charge in [0.05, 0.1) is 0 Å². The van der Waals surface area contributed by atoms with Crippen molar-refractivity contribution in [2.45, 2.75) is 31.5 Å².